The van der Waals surface area contributed by atoms with Crippen LogP contribution >= 0.6 is 0 Å². The van der Waals surface area contributed by atoms with Crippen molar-refractivity contribution in [3.05, 3.63) is 12.2 Å². The fraction of sp³-hybridized carbons (Fsp3) is 0.733. The molecule has 4 nitrogen and oxygen atoms in total. The van der Waals surface area contributed by atoms with Gasteiger partial charge in [0.25, 0.3) is 0 Å². The molecule has 2 N–H and O–H groups in total. The Kier molecular flexibility index (Phi) is 4.61. The van der Waals surface area contributed by atoms with Crippen molar-refractivity contribution in [1.82, 2.24) is 5.32 Å². The van der Waals surface area contributed by atoms with Gasteiger partial charge in [0.2, 0.25) is 5.91 Å². The second-order valence-corrected chi connectivity index (χ2v) is 5.86. The maximum atomic E-state index is 12.0. The summed E-state index contributed by atoms with van der Waals surface area (Å²) in [4.78, 5) is 23.6. The molecule has 0 unspecified atom stereocenters. The number of rotatable bonds is 4. The topological polar surface area (TPSA) is 66.4 Å². The molecule has 0 bridgehead atoms. The van der Waals surface area contributed by atoms with Gasteiger partial charge in [-0.1, -0.05) is 37.8 Å². The van der Waals surface area contributed by atoms with Crippen LogP contribution in [0.3, 0.4) is 0 Å². The van der Waals surface area contributed by atoms with Gasteiger partial charge in [0.05, 0.1) is 5.41 Å². The molecule has 1 amide bonds. The third-order valence-corrected chi connectivity index (χ3v) is 4.49. The number of carboxylic acid groups (broad SMARTS) is 1. The van der Waals surface area contributed by atoms with Crippen LogP contribution in [-0.4, -0.2) is 23.5 Å². The minimum absolute atomic E-state index is 0.00914. The van der Waals surface area contributed by atoms with E-state index in [1.54, 1.807) is 0 Å². The Balaban J connectivity index is 1.92. The van der Waals surface area contributed by atoms with E-state index in [-0.39, 0.29) is 18.4 Å². The molecule has 2 aliphatic carbocycles. The molecule has 4 heteroatoms. The number of amides is 1. The first-order chi connectivity index (χ1) is 9.14. The van der Waals surface area contributed by atoms with Gasteiger partial charge in [-0.2, -0.15) is 0 Å². The maximum absolute atomic E-state index is 12.0. The zero-order chi connectivity index (χ0) is 13.7. The number of hydrogen-bond acceptors (Lipinski definition) is 2. The highest BCUT2D eigenvalue weighted by molar-refractivity contribution is 5.81. The minimum Gasteiger partial charge on any atom is -0.481 e. The number of hydrogen-bond donors (Lipinski definition) is 2. The summed E-state index contributed by atoms with van der Waals surface area (Å²) in [6.45, 7) is 0.289. The molecule has 0 heterocycles. The highest BCUT2D eigenvalue weighted by Crippen LogP contribution is 2.35. The normalized spacial score (nSPS) is 22.9. The molecule has 19 heavy (non-hydrogen) atoms. The summed E-state index contributed by atoms with van der Waals surface area (Å²) in [5, 5.41) is 12.4. The SMILES string of the molecule is O=C(NCC1(C(=O)O)CCCCCC1)C1CC=CC1. The summed E-state index contributed by atoms with van der Waals surface area (Å²) >= 11 is 0. The largest absolute Gasteiger partial charge is 0.481 e. The molecule has 0 aromatic heterocycles. The molecule has 106 valence electrons. The number of carbonyl (C=O) groups excluding carboxylic acids is 1. The highest BCUT2D eigenvalue weighted by atomic mass is 16.4. The summed E-state index contributed by atoms with van der Waals surface area (Å²) in [6, 6.07) is 0. The minimum atomic E-state index is -0.751. The smallest absolute Gasteiger partial charge is 0.311 e. The second kappa shape index (κ2) is 6.22. The summed E-state index contributed by atoms with van der Waals surface area (Å²) in [7, 11) is 0. The van der Waals surface area contributed by atoms with Gasteiger partial charge in [0, 0.05) is 12.5 Å². The average molecular weight is 265 g/mol. The van der Waals surface area contributed by atoms with Gasteiger partial charge in [-0.25, -0.2) is 0 Å². The zero-order valence-corrected chi connectivity index (χ0v) is 11.4. The van der Waals surface area contributed by atoms with Gasteiger partial charge in [0.1, 0.15) is 0 Å². The predicted molar refractivity (Wildman–Crippen MR) is 72.6 cm³/mol. The first-order valence-corrected chi connectivity index (χ1v) is 7.30. The molecule has 0 radical (unpaired) electrons. The first-order valence-electron chi connectivity index (χ1n) is 7.30. The van der Waals surface area contributed by atoms with Crippen LogP contribution in [-0.2, 0) is 9.59 Å². The first kappa shape index (κ1) is 14.1. The van der Waals surface area contributed by atoms with Crippen LogP contribution in [0.4, 0.5) is 0 Å². The Morgan fingerprint density at radius 2 is 1.68 bits per heavy atom. The van der Waals surface area contributed by atoms with Crippen LogP contribution in [0.15, 0.2) is 12.2 Å². The van der Waals surface area contributed by atoms with E-state index in [1.807, 2.05) is 12.2 Å². The second-order valence-electron chi connectivity index (χ2n) is 5.86. The van der Waals surface area contributed by atoms with E-state index >= 15 is 0 Å². The van der Waals surface area contributed by atoms with Gasteiger partial charge in [-0.3, -0.25) is 9.59 Å². The molecular formula is C15H23NO3. The summed E-state index contributed by atoms with van der Waals surface area (Å²) < 4.78 is 0. The van der Waals surface area contributed by atoms with E-state index in [4.69, 9.17) is 0 Å². The molecular weight excluding hydrogens is 242 g/mol. The van der Waals surface area contributed by atoms with E-state index < -0.39 is 11.4 Å². The van der Waals surface area contributed by atoms with E-state index in [0.29, 0.717) is 12.8 Å². The molecule has 0 atom stereocenters. The van der Waals surface area contributed by atoms with Crippen molar-refractivity contribution in [2.24, 2.45) is 11.3 Å². The number of carbonyl (C=O) groups is 2. The number of allylic oxidation sites excluding steroid dienone is 2. The Morgan fingerprint density at radius 1 is 1.11 bits per heavy atom. The quantitative estimate of drug-likeness (QED) is 0.606. The lowest BCUT2D eigenvalue weighted by Crippen LogP contribution is -2.44. The summed E-state index contributed by atoms with van der Waals surface area (Å²) in [6.07, 6.45) is 11.1. The van der Waals surface area contributed by atoms with Crippen LogP contribution < -0.4 is 5.32 Å². The molecule has 2 aliphatic rings. The Labute approximate surface area is 114 Å². The van der Waals surface area contributed by atoms with Crippen molar-refractivity contribution in [2.75, 3.05) is 6.54 Å². The Morgan fingerprint density at radius 3 is 2.21 bits per heavy atom. The molecule has 2 rings (SSSR count). The van der Waals surface area contributed by atoms with Crippen LogP contribution in [0, 0.1) is 11.3 Å². The average Bonchev–Trinajstić information content (AvgIpc) is 2.82. The van der Waals surface area contributed by atoms with Gasteiger partial charge < -0.3 is 10.4 Å². The lowest BCUT2D eigenvalue weighted by molar-refractivity contribution is -0.150. The van der Waals surface area contributed by atoms with Crippen molar-refractivity contribution < 1.29 is 14.7 Å². The van der Waals surface area contributed by atoms with Crippen LogP contribution in [0.25, 0.3) is 0 Å². The predicted octanol–water partition coefficient (Wildman–Crippen LogP) is 2.49. The molecule has 0 aliphatic heterocycles. The Hall–Kier alpha value is -1.32. The van der Waals surface area contributed by atoms with Gasteiger partial charge in [-0.15, -0.1) is 0 Å². The molecule has 0 spiro atoms. The fourth-order valence-corrected chi connectivity index (χ4v) is 3.10. The lowest BCUT2D eigenvalue weighted by atomic mass is 9.80. The summed E-state index contributed by atoms with van der Waals surface area (Å²) in [5.74, 6) is -0.731. The van der Waals surface area contributed by atoms with Crippen LogP contribution in [0.2, 0.25) is 0 Å². The highest BCUT2D eigenvalue weighted by Gasteiger charge is 2.39. The monoisotopic (exact) mass is 265 g/mol. The zero-order valence-electron chi connectivity index (χ0n) is 11.4. The Bertz CT molecular complexity index is 360. The van der Waals surface area contributed by atoms with Gasteiger partial charge in [-0.05, 0) is 25.7 Å². The third kappa shape index (κ3) is 3.37. The van der Waals surface area contributed by atoms with Crippen LogP contribution in [0.5, 0.6) is 0 Å². The molecule has 1 fully saturated rings. The van der Waals surface area contributed by atoms with Gasteiger partial charge >= 0.3 is 5.97 Å². The van der Waals surface area contributed by atoms with E-state index in [2.05, 4.69) is 5.32 Å². The molecule has 0 aromatic rings. The van der Waals surface area contributed by atoms with E-state index in [1.165, 1.54) is 0 Å². The number of carboxylic acids is 1. The van der Waals surface area contributed by atoms with E-state index in [9.17, 15) is 14.7 Å². The standard InChI is InChI=1S/C15H23NO3/c17-13(12-7-3-4-8-12)16-11-15(14(18)19)9-5-1-2-6-10-15/h3-4,12H,1-2,5-11H2,(H,16,17)(H,18,19). The molecule has 0 saturated heterocycles. The lowest BCUT2D eigenvalue weighted by Gasteiger charge is -2.28. The van der Waals surface area contributed by atoms with Crippen molar-refractivity contribution in [3.63, 3.8) is 0 Å². The molecule has 0 aromatic carbocycles. The van der Waals surface area contributed by atoms with Gasteiger partial charge in [0.15, 0.2) is 0 Å². The van der Waals surface area contributed by atoms with Crippen molar-refractivity contribution >= 4 is 11.9 Å². The van der Waals surface area contributed by atoms with E-state index in [0.717, 1.165) is 38.5 Å². The maximum Gasteiger partial charge on any atom is 0.311 e. The number of nitrogens with one attached hydrogen (secondary N) is 1. The molecule has 1 saturated carbocycles. The summed E-state index contributed by atoms with van der Waals surface area (Å²) in [5.41, 5.74) is -0.738. The van der Waals surface area contributed by atoms with Crippen molar-refractivity contribution in [3.8, 4) is 0 Å². The van der Waals surface area contributed by atoms with Crippen LogP contribution in [0.1, 0.15) is 51.4 Å². The van der Waals surface area contributed by atoms with Crippen molar-refractivity contribution in [1.29, 1.82) is 0 Å². The number of aliphatic carboxylic acids is 1. The van der Waals surface area contributed by atoms with Crippen molar-refractivity contribution in [2.45, 2.75) is 51.4 Å². The fourth-order valence-electron chi connectivity index (χ4n) is 3.10. The third-order valence-electron chi connectivity index (χ3n) is 4.49.